The number of carboxylic acid groups (broad SMARTS) is 1. The summed E-state index contributed by atoms with van der Waals surface area (Å²) in [6.45, 7) is 1.33. The van der Waals surface area contributed by atoms with E-state index in [2.05, 4.69) is 21.2 Å². The number of carbonyl (C=O) groups is 1. The van der Waals surface area contributed by atoms with Crippen molar-refractivity contribution in [1.29, 1.82) is 0 Å². The van der Waals surface area contributed by atoms with Gasteiger partial charge in [-0.25, -0.2) is 0 Å². The molecular formula is C14H19N3O2. The van der Waals surface area contributed by atoms with Crippen LogP contribution < -0.4 is 4.90 Å². The first-order valence-electron chi connectivity index (χ1n) is 7.07. The molecule has 1 saturated heterocycles. The molecule has 0 unspecified atom stereocenters. The van der Waals surface area contributed by atoms with Crippen molar-refractivity contribution in [3.8, 4) is 0 Å². The molecule has 102 valence electrons. The first kappa shape index (κ1) is 12.4. The van der Waals surface area contributed by atoms with Crippen LogP contribution >= 0.6 is 0 Å². The number of aromatic nitrogens is 2. The molecule has 0 aromatic carbocycles. The summed E-state index contributed by atoms with van der Waals surface area (Å²) in [5.41, 5.74) is 2.44. The van der Waals surface area contributed by atoms with E-state index in [0.717, 1.165) is 30.9 Å². The van der Waals surface area contributed by atoms with Crippen molar-refractivity contribution in [2.24, 2.45) is 5.92 Å². The minimum atomic E-state index is -0.704. The van der Waals surface area contributed by atoms with Crippen LogP contribution in [0.1, 0.15) is 36.9 Å². The maximum absolute atomic E-state index is 11.0. The van der Waals surface area contributed by atoms with E-state index in [4.69, 9.17) is 5.11 Å². The molecule has 1 atom stereocenters. The van der Waals surface area contributed by atoms with Gasteiger partial charge < -0.3 is 10.0 Å². The molecule has 19 heavy (non-hydrogen) atoms. The summed E-state index contributed by atoms with van der Waals surface area (Å²) in [4.78, 5) is 13.0. The zero-order valence-electron chi connectivity index (χ0n) is 11.0. The van der Waals surface area contributed by atoms with Gasteiger partial charge in [0.05, 0.1) is 11.6 Å². The summed E-state index contributed by atoms with van der Waals surface area (Å²) in [5.74, 6) is -0.116. The van der Waals surface area contributed by atoms with E-state index in [1.165, 1.54) is 24.8 Å². The fourth-order valence-corrected chi connectivity index (χ4v) is 2.98. The summed E-state index contributed by atoms with van der Waals surface area (Å²) in [6.07, 6.45) is 6.49. The molecule has 0 radical (unpaired) electrons. The van der Waals surface area contributed by atoms with E-state index in [1.807, 2.05) is 0 Å². The highest BCUT2D eigenvalue weighted by atomic mass is 16.4. The third-order valence-corrected chi connectivity index (χ3v) is 4.17. The van der Waals surface area contributed by atoms with E-state index < -0.39 is 5.97 Å². The first-order chi connectivity index (χ1) is 9.24. The van der Waals surface area contributed by atoms with Crippen molar-refractivity contribution < 1.29 is 9.90 Å². The Morgan fingerprint density at radius 1 is 1.26 bits per heavy atom. The van der Waals surface area contributed by atoms with Gasteiger partial charge in [0.1, 0.15) is 0 Å². The van der Waals surface area contributed by atoms with Crippen LogP contribution in [0, 0.1) is 5.92 Å². The van der Waals surface area contributed by atoms with Crippen molar-refractivity contribution in [2.75, 3.05) is 18.0 Å². The van der Waals surface area contributed by atoms with Crippen LogP contribution in [0.3, 0.4) is 0 Å². The Balaban J connectivity index is 1.79. The fourth-order valence-electron chi connectivity index (χ4n) is 2.98. The largest absolute Gasteiger partial charge is 0.481 e. The Morgan fingerprint density at radius 3 is 2.89 bits per heavy atom. The summed E-state index contributed by atoms with van der Waals surface area (Å²) in [5, 5.41) is 17.7. The van der Waals surface area contributed by atoms with Gasteiger partial charge in [-0.1, -0.05) is 6.42 Å². The third kappa shape index (κ3) is 2.55. The highest BCUT2D eigenvalue weighted by molar-refractivity contribution is 5.71. The highest BCUT2D eigenvalue weighted by Crippen LogP contribution is 2.25. The fraction of sp³-hybridized carbons (Fsp3) is 0.643. The van der Waals surface area contributed by atoms with Gasteiger partial charge in [0.15, 0.2) is 5.82 Å². The van der Waals surface area contributed by atoms with Crippen LogP contribution in [0.15, 0.2) is 6.07 Å². The van der Waals surface area contributed by atoms with Gasteiger partial charge in [0.25, 0.3) is 0 Å². The normalized spacial score (nSPS) is 22.9. The second kappa shape index (κ2) is 5.15. The Hall–Kier alpha value is -1.65. The monoisotopic (exact) mass is 261 g/mol. The summed E-state index contributed by atoms with van der Waals surface area (Å²) in [6, 6.07) is 2.12. The Bertz CT molecular complexity index is 490. The summed E-state index contributed by atoms with van der Waals surface area (Å²) < 4.78 is 0. The number of aryl methyl sites for hydroxylation is 2. The number of hydrogen-bond donors (Lipinski definition) is 1. The van der Waals surface area contributed by atoms with Crippen molar-refractivity contribution >= 4 is 11.8 Å². The average molecular weight is 261 g/mol. The number of carboxylic acids is 1. The lowest BCUT2D eigenvalue weighted by Gasteiger charge is -2.17. The maximum Gasteiger partial charge on any atom is 0.308 e. The zero-order valence-corrected chi connectivity index (χ0v) is 11.0. The van der Waals surface area contributed by atoms with Gasteiger partial charge in [0.2, 0.25) is 0 Å². The van der Waals surface area contributed by atoms with Gasteiger partial charge in [0, 0.05) is 13.1 Å². The minimum Gasteiger partial charge on any atom is -0.481 e. The van der Waals surface area contributed by atoms with Crippen LogP contribution in [0.4, 0.5) is 5.82 Å². The number of hydrogen-bond acceptors (Lipinski definition) is 4. The molecule has 5 heteroatoms. The highest BCUT2D eigenvalue weighted by Gasteiger charge is 2.29. The molecule has 1 aliphatic heterocycles. The molecule has 1 aromatic rings. The molecule has 0 saturated carbocycles. The Morgan fingerprint density at radius 2 is 2.11 bits per heavy atom. The molecule has 1 aromatic heterocycles. The van der Waals surface area contributed by atoms with Gasteiger partial charge in [-0.3, -0.25) is 4.79 Å². The number of rotatable bonds is 2. The first-order valence-corrected chi connectivity index (χ1v) is 7.07. The van der Waals surface area contributed by atoms with Crippen molar-refractivity contribution in [3.63, 3.8) is 0 Å². The van der Waals surface area contributed by atoms with Crippen LogP contribution in [-0.4, -0.2) is 34.4 Å². The predicted molar refractivity (Wildman–Crippen MR) is 71.2 cm³/mol. The number of nitrogens with zero attached hydrogens (tertiary/aromatic N) is 3. The average Bonchev–Trinajstić information content (AvgIpc) is 2.78. The molecular weight excluding hydrogens is 242 g/mol. The molecule has 0 amide bonds. The summed E-state index contributed by atoms with van der Waals surface area (Å²) >= 11 is 0. The molecule has 1 aliphatic carbocycles. The molecule has 2 heterocycles. The van der Waals surface area contributed by atoms with E-state index in [-0.39, 0.29) is 5.92 Å². The molecule has 5 nitrogen and oxygen atoms in total. The minimum absolute atomic E-state index is 0.263. The molecule has 0 bridgehead atoms. The van der Waals surface area contributed by atoms with E-state index >= 15 is 0 Å². The van der Waals surface area contributed by atoms with E-state index in [1.54, 1.807) is 0 Å². The summed E-state index contributed by atoms with van der Waals surface area (Å²) in [7, 11) is 0. The van der Waals surface area contributed by atoms with Crippen LogP contribution in [-0.2, 0) is 17.6 Å². The Kier molecular flexibility index (Phi) is 3.36. The predicted octanol–water partition coefficient (Wildman–Crippen LogP) is 1.66. The van der Waals surface area contributed by atoms with Crippen LogP contribution in [0.2, 0.25) is 0 Å². The Labute approximate surface area is 112 Å². The molecule has 3 rings (SSSR count). The maximum atomic E-state index is 11.0. The molecule has 1 fully saturated rings. The van der Waals surface area contributed by atoms with Gasteiger partial charge in [-0.15, -0.1) is 5.10 Å². The lowest BCUT2D eigenvalue weighted by atomic mass is 10.1. The van der Waals surface area contributed by atoms with Crippen LogP contribution in [0.25, 0.3) is 0 Å². The zero-order chi connectivity index (χ0) is 13.2. The van der Waals surface area contributed by atoms with Crippen molar-refractivity contribution in [3.05, 3.63) is 17.3 Å². The standard InChI is InChI=1S/C14H19N3O2/c18-14(19)11-6-7-17(9-11)13-8-10-4-2-1-3-5-12(10)15-16-13/h8,11H,1-7,9H2,(H,18,19)/t11-/m1/s1. The SMILES string of the molecule is O=C(O)[C@@H]1CCN(c2cc3c(nn2)CCCCC3)C1. The van der Waals surface area contributed by atoms with Gasteiger partial charge in [-0.2, -0.15) is 5.10 Å². The second-order valence-electron chi connectivity index (χ2n) is 5.50. The van der Waals surface area contributed by atoms with Crippen molar-refractivity contribution in [2.45, 2.75) is 38.5 Å². The second-order valence-corrected chi connectivity index (χ2v) is 5.50. The van der Waals surface area contributed by atoms with Crippen LogP contribution in [0.5, 0.6) is 0 Å². The molecule has 0 spiro atoms. The lowest BCUT2D eigenvalue weighted by molar-refractivity contribution is -0.140. The van der Waals surface area contributed by atoms with Crippen molar-refractivity contribution in [1.82, 2.24) is 10.2 Å². The number of anilines is 1. The molecule has 2 aliphatic rings. The third-order valence-electron chi connectivity index (χ3n) is 4.17. The van der Waals surface area contributed by atoms with E-state index in [0.29, 0.717) is 13.0 Å². The van der Waals surface area contributed by atoms with Gasteiger partial charge in [-0.05, 0) is 43.7 Å². The van der Waals surface area contributed by atoms with E-state index in [9.17, 15) is 4.79 Å². The smallest absolute Gasteiger partial charge is 0.308 e. The topological polar surface area (TPSA) is 66.3 Å². The quantitative estimate of drug-likeness (QED) is 0.820. The van der Waals surface area contributed by atoms with Gasteiger partial charge >= 0.3 is 5.97 Å². The number of aliphatic carboxylic acids is 1. The number of fused-ring (bicyclic) bond motifs is 1. The molecule has 1 N–H and O–H groups in total. The lowest BCUT2D eigenvalue weighted by Crippen LogP contribution is -2.24.